The molecule has 1 aliphatic carbocycles. The van der Waals surface area contributed by atoms with Gasteiger partial charge < -0.3 is 4.74 Å². The lowest BCUT2D eigenvalue weighted by atomic mass is 9.79. The van der Waals surface area contributed by atoms with E-state index in [0.717, 1.165) is 37.0 Å². The van der Waals surface area contributed by atoms with Crippen molar-refractivity contribution in [2.24, 2.45) is 5.92 Å². The topological polar surface area (TPSA) is 33.0 Å². The van der Waals surface area contributed by atoms with Crippen LogP contribution >= 0.6 is 0 Å². The van der Waals surface area contributed by atoms with Gasteiger partial charge in [0.25, 0.3) is 0 Å². The zero-order valence-electron chi connectivity index (χ0n) is 13.0. The van der Waals surface area contributed by atoms with Crippen LogP contribution in [0.3, 0.4) is 0 Å². The molecule has 0 aromatic heterocycles. The maximum Gasteiger partial charge on any atom is 0.169 e. The highest BCUT2D eigenvalue weighted by Crippen LogP contribution is 2.35. The number of rotatable bonds is 3. The second kappa shape index (κ2) is 6.59. The third kappa shape index (κ3) is 3.38. The average molecular weight is 301 g/mol. The van der Waals surface area contributed by atoms with Gasteiger partial charge in [-0.3, -0.25) is 0 Å². The minimum Gasteiger partial charge on any atom is -0.475 e. The van der Waals surface area contributed by atoms with Crippen LogP contribution < -0.4 is 4.74 Å². The van der Waals surface area contributed by atoms with Crippen LogP contribution in [0, 0.1) is 29.6 Å². The highest BCUT2D eigenvalue weighted by molar-refractivity contribution is 5.63. The van der Waals surface area contributed by atoms with Gasteiger partial charge in [-0.25, -0.2) is 0 Å². The fourth-order valence-corrected chi connectivity index (χ4v) is 3.06. The van der Waals surface area contributed by atoms with Crippen LogP contribution in [-0.2, 0) is 0 Å². The molecule has 2 heteroatoms. The van der Waals surface area contributed by atoms with Crippen LogP contribution in [0.1, 0.15) is 25.7 Å². The molecular formula is C21H19NO. The summed E-state index contributed by atoms with van der Waals surface area (Å²) in [6.07, 6.45) is 8.83. The van der Waals surface area contributed by atoms with Crippen LogP contribution in [0.5, 0.6) is 5.75 Å². The molecule has 1 aliphatic rings. The first-order chi connectivity index (χ1) is 11.2. The molecule has 2 nitrogen and oxygen atoms in total. The number of ether oxygens (including phenoxy) is 1. The summed E-state index contributed by atoms with van der Waals surface area (Å²) in [6, 6.07) is 20.6. The Morgan fingerprint density at radius 1 is 0.957 bits per heavy atom. The molecule has 0 aliphatic heterocycles. The van der Waals surface area contributed by atoms with Crippen molar-refractivity contribution in [2.75, 3.05) is 0 Å². The first kappa shape index (κ1) is 15.2. The van der Waals surface area contributed by atoms with E-state index in [1.54, 1.807) is 0 Å². The van der Waals surface area contributed by atoms with Gasteiger partial charge in [-0.15, -0.1) is 6.42 Å². The molecule has 2 aromatic rings. The van der Waals surface area contributed by atoms with Gasteiger partial charge >= 0.3 is 0 Å². The second-order valence-electron chi connectivity index (χ2n) is 6.03. The lowest BCUT2D eigenvalue weighted by molar-refractivity contribution is 0.0773. The first-order valence-electron chi connectivity index (χ1n) is 7.96. The molecule has 114 valence electrons. The molecular weight excluding hydrogens is 282 g/mol. The highest BCUT2D eigenvalue weighted by Gasteiger charge is 2.35. The van der Waals surface area contributed by atoms with Gasteiger partial charge in [0.15, 0.2) is 5.60 Å². The van der Waals surface area contributed by atoms with Gasteiger partial charge in [0.1, 0.15) is 5.75 Å². The lowest BCUT2D eigenvalue weighted by Crippen LogP contribution is -2.38. The van der Waals surface area contributed by atoms with E-state index in [9.17, 15) is 0 Å². The van der Waals surface area contributed by atoms with E-state index < -0.39 is 5.60 Å². The van der Waals surface area contributed by atoms with Gasteiger partial charge in [0.2, 0.25) is 0 Å². The number of hydrogen-bond donors (Lipinski definition) is 0. The van der Waals surface area contributed by atoms with E-state index in [2.05, 4.69) is 36.3 Å². The van der Waals surface area contributed by atoms with E-state index in [4.69, 9.17) is 16.4 Å². The summed E-state index contributed by atoms with van der Waals surface area (Å²) in [5.41, 5.74) is 1.77. The van der Waals surface area contributed by atoms with Gasteiger partial charge in [0.05, 0.1) is 6.07 Å². The Hall–Kier alpha value is -2.71. The first-order valence-corrected chi connectivity index (χ1v) is 7.96. The molecule has 1 saturated carbocycles. The predicted molar refractivity (Wildman–Crippen MR) is 91.6 cm³/mol. The van der Waals surface area contributed by atoms with Crippen molar-refractivity contribution in [3.8, 4) is 35.3 Å². The average Bonchev–Trinajstić information content (AvgIpc) is 2.64. The van der Waals surface area contributed by atoms with Crippen molar-refractivity contribution in [3.63, 3.8) is 0 Å². The van der Waals surface area contributed by atoms with Crippen LogP contribution in [0.15, 0.2) is 54.6 Å². The Morgan fingerprint density at radius 2 is 1.57 bits per heavy atom. The summed E-state index contributed by atoms with van der Waals surface area (Å²) in [5.74, 6) is 3.73. The van der Waals surface area contributed by atoms with Crippen LogP contribution in [0.25, 0.3) is 11.1 Å². The van der Waals surface area contributed by atoms with Crippen molar-refractivity contribution in [1.82, 2.24) is 0 Å². The fourth-order valence-electron chi connectivity index (χ4n) is 3.06. The maximum atomic E-state index is 9.02. The molecule has 1 fully saturated rings. The van der Waals surface area contributed by atoms with Crippen LogP contribution in [-0.4, -0.2) is 5.60 Å². The Bertz CT molecular complexity index is 726. The van der Waals surface area contributed by atoms with Crippen molar-refractivity contribution >= 4 is 0 Å². The van der Waals surface area contributed by atoms with E-state index in [-0.39, 0.29) is 5.92 Å². The molecule has 0 unspecified atom stereocenters. The Kier molecular flexibility index (Phi) is 4.35. The van der Waals surface area contributed by atoms with E-state index in [1.165, 1.54) is 5.56 Å². The van der Waals surface area contributed by atoms with Crippen LogP contribution in [0.4, 0.5) is 0 Å². The van der Waals surface area contributed by atoms with Crippen molar-refractivity contribution < 1.29 is 4.74 Å². The summed E-state index contributed by atoms with van der Waals surface area (Å²) in [7, 11) is 0. The molecule has 0 N–H and O–H groups in total. The minimum atomic E-state index is -0.568. The molecule has 0 saturated heterocycles. The van der Waals surface area contributed by atoms with E-state index in [1.807, 2.05) is 30.3 Å². The summed E-state index contributed by atoms with van der Waals surface area (Å²) >= 11 is 0. The number of hydrogen-bond acceptors (Lipinski definition) is 2. The Balaban J connectivity index is 1.73. The molecule has 0 amide bonds. The summed E-state index contributed by atoms with van der Waals surface area (Å²) in [5, 5.41) is 9.02. The van der Waals surface area contributed by atoms with Crippen LogP contribution in [0.2, 0.25) is 0 Å². The number of benzene rings is 2. The van der Waals surface area contributed by atoms with Gasteiger partial charge in [0, 0.05) is 5.92 Å². The van der Waals surface area contributed by atoms with Gasteiger partial charge in [-0.1, -0.05) is 48.4 Å². The highest BCUT2D eigenvalue weighted by atomic mass is 16.5. The summed E-state index contributed by atoms with van der Waals surface area (Å²) < 4.78 is 6.13. The number of terminal acetylenes is 1. The second-order valence-corrected chi connectivity index (χ2v) is 6.03. The molecule has 0 radical (unpaired) electrons. The minimum absolute atomic E-state index is 0.112. The zero-order valence-corrected chi connectivity index (χ0v) is 13.0. The third-order valence-electron chi connectivity index (χ3n) is 4.51. The molecule has 0 atom stereocenters. The Morgan fingerprint density at radius 3 is 2.13 bits per heavy atom. The smallest absolute Gasteiger partial charge is 0.169 e. The lowest BCUT2D eigenvalue weighted by Gasteiger charge is -2.34. The molecule has 23 heavy (non-hydrogen) atoms. The molecule has 2 aromatic carbocycles. The van der Waals surface area contributed by atoms with Crippen molar-refractivity contribution in [1.29, 1.82) is 5.26 Å². The van der Waals surface area contributed by atoms with Gasteiger partial charge in [-0.2, -0.15) is 5.26 Å². The van der Waals surface area contributed by atoms with Crippen molar-refractivity contribution in [3.05, 3.63) is 54.6 Å². The molecule has 0 spiro atoms. The molecule has 0 bridgehead atoms. The quantitative estimate of drug-likeness (QED) is 0.762. The SMILES string of the molecule is C#CC1(Oc2ccc(-c3ccccc3)cc2)CCC(C#N)CC1. The third-order valence-corrected chi connectivity index (χ3v) is 4.51. The molecule has 0 heterocycles. The summed E-state index contributed by atoms with van der Waals surface area (Å²) in [6.45, 7) is 0. The normalized spacial score (nSPS) is 23.5. The maximum absolute atomic E-state index is 9.02. The standard InChI is InChI=1S/C21H19NO/c1-2-21(14-12-17(16-22)13-15-21)23-20-10-8-19(9-11-20)18-6-4-3-5-7-18/h1,3-11,17H,12-15H2. The largest absolute Gasteiger partial charge is 0.475 e. The number of nitrogens with zero attached hydrogens (tertiary/aromatic N) is 1. The predicted octanol–water partition coefficient (Wildman–Crippen LogP) is 4.82. The van der Waals surface area contributed by atoms with Crippen molar-refractivity contribution in [2.45, 2.75) is 31.3 Å². The Labute approximate surface area is 137 Å². The van der Waals surface area contributed by atoms with E-state index in [0.29, 0.717) is 0 Å². The molecule has 3 rings (SSSR count). The zero-order chi connectivity index (χ0) is 16.1. The van der Waals surface area contributed by atoms with Gasteiger partial charge in [-0.05, 0) is 48.9 Å². The van der Waals surface area contributed by atoms with E-state index >= 15 is 0 Å². The summed E-state index contributed by atoms with van der Waals surface area (Å²) in [4.78, 5) is 0. The number of nitriles is 1. The monoisotopic (exact) mass is 301 g/mol. The fraction of sp³-hybridized carbons (Fsp3) is 0.286.